The van der Waals surface area contributed by atoms with Gasteiger partial charge >= 0.3 is 0 Å². The van der Waals surface area contributed by atoms with E-state index in [1.54, 1.807) is 18.2 Å². The lowest BCUT2D eigenvalue weighted by atomic mass is 10.1. The summed E-state index contributed by atoms with van der Waals surface area (Å²) in [6.45, 7) is 5.80. The van der Waals surface area contributed by atoms with E-state index in [0.29, 0.717) is 42.5 Å². The van der Waals surface area contributed by atoms with Gasteiger partial charge in [0.15, 0.2) is 17.5 Å². The second-order valence-corrected chi connectivity index (χ2v) is 9.11. The number of nitrogens with two attached hydrogens (primary N) is 1. The van der Waals surface area contributed by atoms with Crippen molar-refractivity contribution in [2.24, 2.45) is 0 Å². The van der Waals surface area contributed by atoms with Crippen molar-refractivity contribution in [1.29, 1.82) is 0 Å². The van der Waals surface area contributed by atoms with Crippen molar-refractivity contribution in [2.75, 3.05) is 49.3 Å². The summed E-state index contributed by atoms with van der Waals surface area (Å²) in [5, 5.41) is 18.5. The van der Waals surface area contributed by atoms with Gasteiger partial charge in [-0.1, -0.05) is 18.1 Å². The molecule has 0 bridgehead atoms. The fraction of sp³-hybridized carbons (Fsp3) is 0.385. The fourth-order valence-corrected chi connectivity index (χ4v) is 4.00. The topological polar surface area (TPSA) is 108 Å². The van der Waals surface area contributed by atoms with Crippen LogP contribution >= 0.6 is 0 Å². The van der Waals surface area contributed by atoms with Crippen molar-refractivity contribution >= 4 is 17.3 Å². The average molecular weight is 491 g/mol. The molecule has 1 aromatic carbocycles. The average Bonchev–Trinajstić information content (AvgIpc) is 3.05. The Morgan fingerprint density at radius 3 is 2.72 bits per heavy atom. The molecule has 0 aliphatic carbocycles. The molecule has 1 aliphatic heterocycles. The second-order valence-electron chi connectivity index (χ2n) is 9.11. The van der Waals surface area contributed by atoms with Gasteiger partial charge in [0, 0.05) is 31.2 Å². The lowest BCUT2D eigenvalue weighted by Gasteiger charge is -2.28. The normalized spacial score (nSPS) is 16.9. The molecule has 0 unspecified atom stereocenters. The van der Waals surface area contributed by atoms with Crippen molar-refractivity contribution in [1.82, 2.24) is 25.1 Å². The van der Waals surface area contributed by atoms with Crippen LogP contribution in [0.15, 0.2) is 36.5 Å². The Balaban J connectivity index is 1.58. The first-order valence-corrected chi connectivity index (χ1v) is 11.9. The Labute approximate surface area is 210 Å². The Morgan fingerprint density at radius 2 is 1.97 bits per heavy atom. The monoisotopic (exact) mass is 490 g/mol. The number of aromatic hydroxyl groups is 1. The van der Waals surface area contributed by atoms with Crippen LogP contribution in [0.2, 0.25) is 0 Å². The first-order chi connectivity index (χ1) is 17.2. The number of nitrogens with zero attached hydrogens (tertiary/aromatic N) is 7. The molecule has 4 rings (SSSR count). The highest BCUT2D eigenvalue weighted by atomic mass is 19.1. The maximum absolute atomic E-state index is 14.9. The third-order valence-electron chi connectivity index (χ3n) is 6.45. The first kappa shape index (κ1) is 25.1. The highest BCUT2D eigenvalue weighted by Crippen LogP contribution is 2.32. The van der Waals surface area contributed by atoms with E-state index < -0.39 is 5.82 Å². The summed E-state index contributed by atoms with van der Waals surface area (Å²) >= 11 is 0. The predicted octanol–water partition coefficient (Wildman–Crippen LogP) is 2.77. The molecule has 0 saturated carbocycles. The van der Waals surface area contributed by atoms with E-state index in [1.807, 2.05) is 49.9 Å². The Bertz CT molecular complexity index is 1290. The molecule has 0 radical (unpaired) electrons. The van der Waals surface area contributed by atoms with Crippen LogP contribution in [0.25, 0.3) is 11.3 Å². The third-order valence-corrected chi connectivity index (χ3v) is 6.45. The SMILES string of the molecule is C[C@@H](C#Cc1ncc(F)c(N2CCN(c3cc(-c4ccccc4O)nnc3N)CC[C@@H]2C)n1)N(C)C. The molecule has 0 spiro atoms. The summed E-state index contributed by atoms with van der Waals surface area (Å²) in [4.78, 5) is 14.6. The molecule has 2 aromatic heterocycles. The van der Waals surface area contributed by atoms with Gasteiger partial charge in [-0.25, -0.2) is 14.4 Å². The number of rotatable bonds is 4. The van der Waals surface area contributed by atoms with Gasteiger partial charge in [-0.2, -0.15) is 0 Å². The van der Waals surface area contributed by atoms with Crippen LogP contribution in [-0.2, 0) is 0 Å². The van der Waals surface area contributed by atoms with Gasteiger partial charge in [0.25, 0.3) is 0 Å². The van der Waals surface area contributed by atoms with E-state index in [9.17, 15) is 9.50 Å². The number of phenols is 1. The number of para-hydroxylation sites is 1. The number of aromatic nitrogens is 4. The molecule has 3 aromatic rings. The van der Waals surface area contributed by atoms with E-state index in [1.165, 1.54) is 6.20 Å². The molecule has 188 valence electrons. The molecule has 1 aliphatic rings. The van der Waals surface area contributed by atoms with Gasteiger partial charge in [0.1, 0.15) is 5.75 Å². The molecule has 3 N–H and O–H groups in total. The number of benzene rings is 1. The number of nitrogen functional groups attached to an aromatic ring is 1. The minimum atomic E-state index is -0.478. The standard InChI is InChI=1S/C26H31FN8O/c1-17(33(3)4)9-10-24-29-16-20(27)26(30-24)35-14-13-34(12-11-18(35)2)22-15-21(31-32-25(22)28)19-7-5-6-8-23(19)36/h5-8,15-18,36H,11-14H2,1-4H3,(H2,28,32)/t17-,18-/m0/s1. The van der Waals surface area contributed by atoms with Crippen molar-refractivity contribution in [2.45, 2.75) is 32.4 Å². The molecule has 9 nitrogen and oxygen atoms in total. The van der Waals surface area contributed by atoms with Crippen molar-refractivity contribution in [3.8, 4) is 28.8 Å². The third kappa shape index (κ3) is 5.47. The fourth-order valence-electron chi connectivity index (χ4n) is 4.00. The summed E-state index contributed by atoms with van der Waals surface area (Å²) in [5.41, 5.74) is 8.04. The number of hydrogen-bond donors (Lipinski definition) is 2. The van der Waals surface area contributed by atoms with Crippen LogP contribution in [0, 0.1) is 17.7 Å². The van der Waals surface area contributed by atoms with Gasteiger partial charge in [-0.05, 0) is 58.5 Å². The highest BCUT2D eigenvalue weighted by molar-refractivity contribution is 5.74. The molecule has 2 atom stereocenters. The molecule has 0 amide bonds. The minimum absolute atomic E-state index is 0.0227. The van der Waals surface area contributed by atoms with Gasteiger partial charge < -0.3 is 20.6 Å². The summed E-state index contributed by atoms with van der Waals surface area (Å²) in [6, 6.07) is 8.85. The van der Waals surface area contributed by atoms with Crippen molar-refractivity contribution in [3.05, 3.63) is 48.2 Å². The van der Waals surface area contributed by atoms with E-state index in [4.69, 9.17) is 5.73 Å². The summed E-state index contributed by atoms with van der Waals surface area (Å²) in [6.07, 6.45) is 1.93. The number of halogens is 1. The molecule has 3 heterocycles. The summed E-state index contributed by atoms with van der Waals surface area (Å²) in [7, 11) is 3.88. The molecular weight excluding hydrogens is 459 g/mol. The van der Waals surface area contributed by atoms with E-state index in [2.05, 4.69) is 36.9 Å². The maximum Gasteiger partial charge on any atom is 0.207 e. The molecule has 1 fully saturated rings. The van der Waals surface area contributed by atoms with Crippen LogP contribution in [0.5, 0.6) is 5.75 Å². The smallest absolute Gasteiger partial charge is 0.207 e. The van der Waals surface area contributed by atoms with Crippen molar-refractivity contribution in [3.63, 3.8) is 0 Å². The summed E-state index contributed by atoms with van der Waals surface area (Å²) in [5.74, 6) is 6.53. The lowest BCUT2D eigenvalue weighted by Crippen LogP contribution is -2.36. The van der Waals surface area contributed by atoms with E-state index in [0.717, 1.165) is 12.1 Å². The Hall–Kier alpha value is -3.97. The van der Waals surface area contributed by atoms with E-state index in [-0.39, 0.29) is 23.7 Å². The zero-order chi connectivity index (χ0) is 25.8. The lowest BCUT2D eigenvalue weighted by molar-refractivity contribution is 0.373. The van der Waals surface area contributed by atoms with Gasteiger partial charge in [-0.3, -0.25) is 4.90 Å². The van der Waals surface area contributed by atoms with Gasteiger partial charge in [0.2, 0.25) is 5.82 Å². The quantitative estimate of drug-likeness (QED) is 0.534. The summed E-state index contributed by atoms with van der Waals surface area (Å²) < 4.78 is 14.9. The minimum Gasteiger partial charge on any atom is -0.507 e. The van der Waals surface area contributed by atoms with Crippen molar-refractivity contribution < 1.29 is 9.50 Å². The van der Waals surface area contributed by atoms with Crippen LogP contribution in [0.4, 0.5) is 21.7 Å². The predicted molar refractivity (Wildman–Crippen MR) is 139 cm³/mol. The first-order valence-electron chi connectivity index (χ1n) is 11.9. The second kappa shape index (κ2) is 10.7. The molecule has 10 heteroatoms. The van der Waals surface area contributed by atoms with Crippen LogP contribution < -0.4 is 15.5 Å². The van der Waals surface area contributed by atoms with Crippen LogP contribution in [0.1, 0.15) is 26.1 Å². The van der Waals surface area contributed by atoms with Gasteiger partial charge in [-0.15, -0.1) is 10.2 Å². The molecule has 36 heavy (non-hydrogen) atoms. The maximum atomic E-state index is 14.9. The zero-order valence-corrected chi connectivity index (χ0v) is 21.0. The molecular formula is C26H31FN8O. The Morgan fingerprint density at radius 1 is 1.19 bits per heavy atom. The van der Waals surface area contributed by atoms with Gasteiger partial charge in [0.05, 0.1) is 23.6 Å². The van der Waals surface area contributed by atoms with Crippen LogP contribution in [0.3, 0.4) is 0 Å². The van der Waals surface area contributed by atoms with E-state index >= 15 is 0 Å². The van der Waals surface area contributed by atoms with Crippen LogP contribution in [-0.4, -0.2) is 76.0 Å². The number of anilines is 3. The number of hydrogen-bond acceptors (Lipinski definition) is 9. The largest absolute Gasteiger partial charge is 0.507 e. The molecule has 1 saturated heterocycles. The zero-order valence-electron chi connectivity index (χ0n) is 21.0. The Kier molecular flexibility index (Phi) is 7.50. The highest BCUT2D eigenvalue weighted by Gasteiger charge is 2.26. The number of phenolic OH excluding ortho intramolecular Hbond substituents is 1.